The molecule has 0 radical (unpaired) electrons. The van der Waals surface area contributed by atoms with Crippen LogP contribution in [0.4, 0.5) is 4.79 Å². The Morgan fingerprint density at radius 1 is 1.13 bits per heavy atom. The summed E-state index contributed by atoms with van der Waals surface area (Å²) in [6.45, 7) is 12.8. The molecule has 1 heterocycles. The third kappa shape index (κ3) is 6.72. The number of hydrogen-bond acceptors (Lipinski definition) is 6. The Hall–Kier alpha value is -3.85. The van der Waals surface area contributed by atoms with Gasteiger partial charge in [0.15, 0.2) is 0 Å². The highest BCUT2D eigenvalue weighted by atomic mass is 32.2. The average molecular weight is 539 g/mol. The van der Waals surface area contributed by atoms with E-state index in [-0.39, 0.29) is 11.3 Å². The van der Waals surface area contributed by atoms with Crippen LogP contribution in [0.25, 0.3) is 17.0 Å². The molecule has 2 aromatic carbocycles. The zero-order valence-corrected chi connectivity index (χ0v) is 23.4. The van der Waals surface area contributed by atoms with E-state index in [1.165, 1.54) is 17.3 Å². The van der Waals surface area contributed by atoms with Gasteiger partial charge in [-0.3, -0.25) is 0 Å². The summed E-state index contributed by atoms with van der Waals surface area (Å²) in [5, 5.41) is 3.19. The van der Waals surface area contributed by atoms with Crippen LogP contribution in [-0.2, 0) is 30.7 Å². The minimum Gasteiger partial charge on any atom is -0.467 e. The molecule has 0 fully saturated rings. The van der Waals surface area contributed by atoms with Crippen LogP contribution in [0.5, 0.6) is 0 Å². The fourth-order valence-corrected chi connectivity index (χ4v) is 5.30. The summed E-state index contributed by atoms with van der Waals surface area (Å²) in [5.41, 5.74) is 2.68. The number of ether oxygens (including phenoxy) is 2. The van der Waals surface area contributed by atoms with Crippen molar-refractivity contribution in [2.45, 2.75) is 57.6 Å². The Morgan fingerprint density at radius 2 is 1.79 bits per heavy atom. The lowest BCUT2D eigenvalue weighted by atomic mass is 10.0. The molecular formula is C29H34N2O6S. The topological polar surface area (TPSA) is 104 Å². The third-order valence-corrected chi connectivity index (χ3v) is 7.32. The lowest BCUT2D eigenvalue weighted by molar-refractivity contribution is -0.143. The summed E-state index contributed by atoms with van der Waals surface area (Å²) in [6.07, 6.45) is 4.33. The Balaban J connectivity index is 2.19. The first-order chi connectivity index (χ1) is 17.7. The van der Waals surface area contributed by atoms with E-state index in [0.717, 1.165) is 16.7 Å². The first-order valence-corrected chi connectivity index (χ1v) is 13.5. The Labute approximate surface area is 224 Å². The molecule has 3 aromatic rings. The maximum absolute atomic E-state index is 13.7. The van der Waals surface area contributed by atoms with E-state index < -0.39 is 33.7 Å². The second-order valence-corrected chi connectivity index (χ2v) is 11.9. The lowest BCUT2D eigenvalue weighted by Crippen LogP contribution is -2.45. The van der Waals surface area contributed by atoms with Crippen LogP contribution in [-0.4, -0.2) is 43.2 Å². The van der Waals surface area contributed by atoms with Gasteiger partial charge in [-0.2, -0.15) is 0 Å². The van der Waals surface area contributed by atoms with Gasteiger partial charge in [-0.15, -0.1) is 0 Å². The van der Waals surface area contributed by atoms with E-state index in [1.54, 1.807) is 57.2 Å². The van der Waals surface area contributed by atoms with E-state index in [9.17, 15) is 18.0 Å². The van der Waals surface area contributed by atoms with Gasteiger partial charge in [-0.1, -0.05) is 54.1 Å². The standard InChI is InChI=1S/C29H34N2O6S/c1-19(2)11-14-21-9-8-10-25-26(21)22(17-24(27(32)36-7)30-28(33)37-29(4,5)6)18-31(25)38(34,35)23-15-12-20(3)13-16-23/h8-16,18,24H,1,17H2,2-7H3,(H,30,33)/b14-11+/t24-/m0/s1. The van der Waals surface area contributed by atoms with Crippen LogP contribution in [0, 0.1) is 6.92 Å². The molecule has 3 rings (SSSR count). The van der Waals surface area contributed by atoms with Crippen LogP contribution in [0.1, 0.15) is 44.4 Å². The molecule has 202 valence electrons. The number of nitrogens with zero attached hydrogens (tertiary/aromatic N) is 1. The number of allylic oxidation sites excluding steroid dienone is 2. The number of carbonyl (C=O) groups excluding carboxylic acids is 2. The van der Waals surface area contributed by atoms with Gasteiger partial charge in [0.1, 0.15) is 11.6 Å². The smallest absolute Gasteiger partial charge is 0.408 e. The van der Waals surface area contributed by atoms with Gasteiger partial charge in [0.05, 0.1) is 17.5 Å². The molecule has 38 heavy (non-hydrogen) atoms. The highest BCUT2D eigenvalue weighted by Crippen LogP contribution is 2.31. The molecule has 0 unspecified atom stereocenters. The van der Waals surface area contributed by atoms with Crippen molar-refractivity contribution in [1.29, 1.82) is 0 Å². The van der Waals surface area contributed by atoms with Gasteiger partial charge in [0.2, 0.25) is 0 Å². The van der Waals surface area contributed by atoms with E-state index in [4.69, 9.17) is 9.47 Å². The first kappa shape index (κ1) is 28.7. The second kappa shape index (κ2) is 11.3. The van der Waals surface area contributed by atoms with Crippen molar-refractivity contribution in [3.05, 3.63) is 83.6 Å². The summed E-state index contributed by atoms with van der Waals surface area (Å²) < 4.78 is 38.9. The molecule has 0 aliphatic carbocycles. The number of aromatic nitrogens is 1. The van der Waals surface area contributed by atoms with Gasteiger partial charge < -0.3 is 14.8 Å². The largest absolute Gasteiger partial charge is 0.467 e. The summed E-state index contributed by atoms with van der Waals surface area (Å²) in [5.74, 6) is -0.687. The minimum atomic E-state index is -3.97. The second-order valence-electron chi connectivity index (χ2n) is 10.1. The molecule has 0 aliphatic heterocycles. The molecule has 0 spiro atoms. The fourth-order valence-electron chi connectivity index (χ4n) is 3.92. The number of aryl methyl sites for hydroxylation is 1. The van der Waals surface area contributed by atoms with E-state index >= 15 is 0 Å². The van der Waals surface area contributed by atoms with Gasteiger partial charge in [-0.05, 0) is 63.9 Å². The molecule has 1 N–H and O–H groups in total. The molecule has 0 aliphatic rings. The quantitative estimate of drug-likeness (QED) is 0.305. The van der Waals surface area contributed by atoms with Crippen molar-refractivity contribution >= 4 is 39.1 Å². The van der Waals surface area contributed by atoms with Crippen LogP contribution >= 0.6 is 0 Å². The molecule has 8 nitrogen and oxygen atoms in total. The van der Waals surface area contributed by atoms with Crippen molar-refractivity contribution in [2.75, 3.05) is 7.11 Å². The number of amides is 1. The zero-order chi connectivity index (χ0) is 28.3. The molecule has 0 saturated carbocycles. The predicted molar refractivity (Wildman–Crippen MR) is 148 cm³/mol. The van der Waals surface area contributed by atoms with Crippen LogP contribution in [0.2, 0.25) is 0 Å². The minimum absolute atomic E-state index is 0.0310. The van der Waals surface area contributed by atoms with Crippen molar-refractivity contribution in [3.63, 3.8) is 0 Å². The van der Waals surface area contributed by atoms with Crippen LogP contribution in [0.3, 0.4) is 0 Å². The molecule has 1 atom stereocenters. The van der Waals surface area contributed by atoms with Gasteiger partial charge >= 0.3 is 12.1 Å². The van der Waals surface area contributed by atoms with Crippen LogP contribution < -0.4 is 5.32 Å². The summed E-state index contributed by atoms with van der Waals surface area (Å²) in [4.78, 5) is 25.3. The maximum Gasteiger partial charge on any atom is 0.408 e. The average Bonchev–Trinajstić information content (AvgIpc) is 3.20. The number of carbonyl (C=O) groups is 2. The van der Waals surface area contributed by atoms with E-state index in [0.29, 0.717) is 16.5 Å². The molecule has 1 amide bonds. The number of fused-ring (bicyclic) bond motifs is 1. The summed E-state index contributed by atoms with van der Waals surface area (Å²) >= 11 is 0. The maximum atomic E-state index is 13.7. The van der Waals surface area contributed by atoms with Crippen molar-refractivity contribution in [3.8, 4) is 0 Å². The first-order valence-electron chi connectivity index (χ1n) is 12.1. The molecule has 1 aromatic heterocycles. The number of rotatable bonds is 8. The number of benzene rings is 2. The monoisotopic (exact) mass is 538 g/mol. The molecule has 0 saturated heterocycles. The van der Waals surface area contributed by atoms with Gasteiger partial charge in [-0.25, -0.2) is 22.0 Å². The number of alkyl carbamates (subject to hydrolysis) is 1. The summed E-state index contributed by atoms with van der Waals surface area (Å²) in [7, 11) is -2.75. The Bertz CT molecular complexity index is 1490. The highest BCUT2D eigenvalue weighted by Gasteiger charge is 2.29. The van der Waals surface area contributed by atoms with Gasteiger partial charge in [0, 0.05) is 18.0 Å². The van der Waals surface area contributed by atoms with Crippen LogP contribution in [0.15, 0.2) is 71.8 Å². The SMILES string of the molecule is C=C(C)/C=C/c1cccc2c1c(C[C@H](NC(=O)OC(C)(C)C)C(=O)OC)cn2S(=O)(=O)c1ccc(C)cc1. The lowest BCUT2D eigenvalue weighted by Gasteiger charge is -2.22. The normalized spacial score (nSPS) is 12.9. The van der Waals surface area contributed by atoms with Crippen molar-refractivity contribution in [2.24, 2.45) is 0 Å². The Morgan fingerprint density at radius 3 is 2.37 bits per heavy atom. The number of methoxy groups -OCH3 is 1. The number of hydrogen-bond donors (Lipinski definition) is 1. The zero-order valence-electron chi connectivity index (χ0n) is 22.6. The van der Waals surface area contributed by atoms with E-state index in [2.05, 4.69) is 11.9 Å². The predicted octanol–water partition coefficient (Wildman–Crippen LogP) is 5.38. The van der Waals surface area contributed by atoms with E-state index in [1.807, 2.05) is 32.1 Å². The Kier molecular flexibility index (Phi) is 8.51. The third-order valence-electron chi connectivity index (χ3n) is 5.63. The van der Waals surface area contributed by atoms with Crippen molar-refractivity contribution in [1.82, 2.24) is 9.29 Å². The van der Waals surface area contributed by atoms with Gasteiger partial charge in [0.25, 0.3) is 10.0 Å². The fraction of sp³-hybridized carbons (Fsp3) is 0.310. The summed E-state index contributed by atoms with van der Waals surface area (Å²) in [6, 6.07) is 10.8. The number of nitrogens with one attached hydrogen (secondary N) is 1. The highest BCUT2D eigenvalue weighted by molar-refractivity contribution is 7.90. The molecular weight excluding hydrogens is 504 g/mol. The molecule has 9 heteroatoms. The van der Waals surface area contributed by atoms with Crippen molar-refractivity contribution < 1.29 is 27.5 Å². The molecule has 0 bridgehead atoms. The number of esters is 1.